The average Bonchev–Trinajstić information content (AvgIpc) is 2.68. The van der Waals surface area contributed by atoms with Crippen molar-refractivity contribution in [1.82, 2.24) is 0 Å². The van der Waals surface area contributed by atoms with Gasteiger partial charge in [0.05, 0.1) is 0 Å². The quantitative estimate of drug-likeness (QED) is 0.309. The lowest BCUT2D eigenvalue weighted by Gasteiger charge is -2.29. The molecule has 0 N–H and O–H groups in total. The Morgan fingerprint density at radius 1 is 0.786 bits per heavy atom. The molecule has 0 spiro atoms. The lowest BCUT2D eigenvalue weighted by atomic mass is 9.77. The van der Waals surface area contributed by atoms with Crippen LogP contribution in [-0.4, -0.2) is 6.18 Å². The van der Waals surface area contributed by atoms with E-state index in [0.717, 1.165) is 12.3 Å². The molecule has 0 nitrogen and oxygen atoms in total. The molecule has 0 bridgehead atoms. The second kappa shape index (κ2) is 12.5. The highest BCUT2D eigenvalue weighted by molar-refractivity contribution is 5.26. The van der Waals surface area contributed by atoms with E-state index in [9.17, 15) is 13.2 Å². The van der Waals surface area contributed by atoms with Crippen LogP contribution in [0.2, 0.25) is 0 Å². The maximum Gasteiger partial charge on any atom is 0.389 e. The molecule has 0 aliphatic heterocycles. The predicted octanol–water partition coefficient (Wildman–Crippen LogP) is 8.99. The van der Waals surface area contributed by atoms with Gasteiger partial charge in [0.2, 0.25) is 0 Å². The molecule has 0 heterocycles. The Morgan fingerprint density at radius 2 is 1.43 bits per heavy atom. The molecule has 0 radical (unpaired) electrons. The Balaban J connectivity index is 1.61. The van der Waals surface area contributed by atoms with Crippen LogP contribution < -0.4 is 0 Å². The average molecular weight is 397 g/mol. The molecular formula is C25H39F3. The molecule has 0 aromatic heterocycles. The molecule has 28 heavy (non-hydrogen) atoms. The predicted molar refractivity (Wildman–Crippen MR) is 113 cm³/mol. The molecule has 2 rings (SSSR count). The highest BCUT2D eigenvalue weighted by Gasteiger charge is 2.26. The molecule has 0 atom stereocenters. The van der Waals surface area contributed by atoms with Crippen molar-refractivity contribution in [3.63, 3.8) is 0 Å². The van der Waals surface area contributed by atoms with E-state index in [1.807, 2.05) is 0 Å². The summed E-state index contributed by atoms with van der Waals surface area (Å²) >= 11 is 0. The Bertz CT molecular complexity index is 510. The Kier molecular flexibility index (Phi) is 10.4. The SMILES string of the molecule is CCCCCCCCC1CCC(c2ccc(CCCCC(F)(F)F)cc2)CC1. The molecule has 1 aromatic rings. The molecule has 3 heteroatoms. The minimum Gasteiger partial charge on any atom is -0.171 e. The lowest BCUT2D eigenvalue weighted by Crippen LogP contribution is -2.13. The molecular weight excluding hydrogens is 357 g/mol. The molecule has 1 fully saturated rings. The van der Waals surface area contributed by atoms with Gasteiger partial charge in [0.25, 0.3) is 0 Å². The number of alkyl halides is 3. The highest BCUT2D eigenvalue weighted by Crippen LogP contribution is 2.38. The van der Waals surface area contributed by atoms with Crippen molar-refractivity contribution in [3.05, 3.63) is 35.4 Å². The fraction of sp³-hybridized carbons (Fsp3) is 0.760. The minimum atomic E-state index is -4.02. The number of aryl methyl sites for hydroxylation is 1. The molecule has 1 aliphatic rings. The maximum atomic E-state index is 12.2. The third-order valence-electron chi connectivity index (χ3n) is 6.44. The third kappa shape index (κ3) is 9.47. The number of hydrogen-bond acceptors (Lipinski definition) is 0. The number of unbranched alkanes of at least 4 members (excludes halogenated alkanes) is 6. The van der Waals surface area contributed by atoms with Crippen LogP contribution in [0, 0.1) is 5.92 Å². The molecule has 1 saturated carbocycles. The standard InChI is InChI=1S/C25H39F3/c1-2-3-4-5-6-7-10-21-12-16-23(17-13-21)24-18-14-22(15-19-24)11-8-9-20-25(26,27)28/h14-15,18-19,21,23H,2-13,16-17,20H2,1H3. The largest absolute Gasteiger partial charge is 0.389 e. The van der Waals surface area contributed by atoms with Crippen molar-refractivity contribution in [3.8, 4) is 0 Å². The Morgan fingerprint density at radius 3 is 2.07 bits per heavy atom. The zero-order valence-corrected chi connectivity index (χ0v) is 17.7. The third-order valence-corrected chi connectivity index (χ3v) is 6.44. The van der Waals surface area contributed by atoms with E-state index in [2.05, 4.69) is 31.2 Å². The van der Waals surface area contributed by atoms with Crippen molar-refractivity contribution in [2.75, 3.05) is 0 Å². The molecule has 160 valence electrons. The highest BCUT2D eigenvalue weighted by atomic mass is 19.4. The van der Waals surface area contributed by atoms with E-state index in [1.54, 1.807) is 0 Å². The molecule has 0 saturated heterocycles. The van der Waals surface area contributed by atoms with Gasteiger partial charge in [0.1, 0.15) is 0 Å². The van der Waals surface area contributed by atoms with Crippen LogP contribution in [-0.2, 0) is 6.42 Å². The first-order chi connectivity index (χ1) is 13.5. The molecule has 1 aromatic carbocycles. The number of benzene rings is 1. The summed E-state index contributed by atoms with van der Waals surface area (Å²) in [4.78, 5) is 0. The van der Waals surface area contributed by atoms with E-state index in [-0.39, 0.29) is 6.42 Å². The first-order valence-electron chi connectivity index (χ1n) is 11.6. The van der Waals surface area contributed by atoms with Crippen molar-refractivity contribution < 1.29 is 13.2 Å². The van der Waals surface area contributed by atoms with Gasteiger partial charge in [0.15, 0.2) is 0 Å². The van der Waals surface area contributed by atoms with E-state index < -0.39 is 12.6 Å². The smallest absolute Gasteiger partial charge is 0.171 e. The molecule has 0 amide bonds. The second-order valence-electron chi connectivity index (χ2n) is 8.84. The number of hydrogen-bond donors (Lipinski definition) is 0. The van der Waals surface area contributed by atoms with Crippen LogP contribution in [0.25, 0.3) is 0 Å². The topological polar surface area (TPSA) is 0 Å². The summed E-state index contributed by atoms with van der Waals surface area (Å²) < 4.78 is 36.6. The first kappa shape index (κ1) is 23.3. The summed E-state index contributed by atoms with van der Waals surface area (Å²) in [7, 11) is 0. The lowest BCUT2D eigenvalue weighted by molar-refractivity contribution is -0.135. The van der Waals surface area contributed by atoms with Crippen molar-refractivity contribution >= 4 is 0 Å². The van der Waals surface area contributed by atoms with E-state index in [1.165, 1.54) is 81.8 Å². The monoisotopic (exact) mass is 396 g/mol. The zero-order chi connectivity index (χ0) is 20.2. The first-order valence-corrected chi connectivity index (χ1v) is 11.6. The Labute approximate surface area is 170 Å². The van der Waals surface area contributed by atoms with Gasteiger partial charge in [0, 0.05) is 6.42 Å². The maximum absolute atomic E-state index is 12.2. The van der Waals surface area contributed by atoms with Crippen LogP contribution in [0.15, 0.2) is 24.3 Å². The summed E-state index contributed by atoms with van der Waals surface area (Å²) in [5, 5.41) is 0. The number of halogens is 3. The van der Waals surface area contributed by atoms with Gasteiger partial charge in [-0.15, -0.1) is 0 Å². The zero-order valence-electron chi connectivity index (χ0n) is 17.7. The van der Waals surface area contributed by atoms with E-state index >= 15 is 0 Å². The Hall–Kier alpha value is -0.990. The van der Waals surface area contributed by atoms with Gasteiger partial charge in [-0.05, 0) is 67.9 Å². The van der Waals surface area contributed by atoms with E-state index in [0.29, 0.717) is 12.3 Å². The summed E-state index contributed by atoms with van der Waals surface area (Å²) in [6, 6.07) is 8.70. The van der Waals surface area contributed by atoms with Crippen LogP contribution in [0.1, 0.15) is 114 Å². The fourth-order valence-corrected chi connectivity index (χ4v) is 4.61. The van der Waals surface area contributed by atoms with Gasteiger partial charge in [-0.25, -0.2) is 0 Å². The van der Waals surface area contributed by atoms with Gasteiger partial charge < -0.3 is 0 Å². The summed E-state index contributed by atoms with van der Waals surface area (Å²) in [6.07, 6.45) is 12.0. The van der Waals surface area contributed by atoms with Gasteiger partial charge in [-0.1, -0.05) is 76.1 Å². The molecule has 1 aliphatic carbocycles. The van der Waals surface area contributed by atoms with Crippen molar-refractivity contribution in [2.45, 2.75) is 115 Å². The molecule has 0 unspecified atom stereocenters. The van der Waals surface area contributed by atoms with Crippen LogP contribution in [0.5, 0.6) is 0 Å². The summed E-state index contributed by atoms with van der Waals surface area (Å²) in [5.74, 6) is 1.61. The summed E-state index contributed by atoms with van der Waals surface area (Å²) in [5.41, 5.74) is 2.60. The fourth-order valence-electron chi connectivity index (χ4n) is 4.61. The van der Waals surface area contributed by atoms with Crippen LogP contribution >= 0.6 is 0 Å². The summed E-state index contributed by atoms with van der Waals surface area (Å²) in [6.45, 7) is 2.27. The number of rotatable bonds is 12. The van der Waals surface area contributed by atoms with Gasteiger partial charge in [-0.3, -0.25) is 0 Å². The van der Waals surface area contributed by atoms with Gasteiger partial charge in [-0.2, -0.15) is 13.2 Å². The normalized spacial score (nSPS) is 20.4. The van der Waals surface area contributed by atoms with Crippen molar-refractivity contribution in [1.29, 1.82) is 0 Å². The van der Waals surface area contributed by atoms with Crippen LogP contribution in [0.4, 0.5) is 13.2 Å². The van der Waals surface area contributed by atoms with Gasteiger partial charge >= 0.3 is 6.18 Å². The van der Waals surface area contributed by atoms with Crippen LogP contribution in [0.3, 0.4) is 0 Å². The minimum absolute atomic E-state index is 0.230. The van der Waals surface area contributed by atoms with Crippen molar-refractivity contribution in [2.24, 2.45) is 5.92 Å². The second-order valence-corrected chi connectivity index (χ2v) is 8.84. The van der Waals surface area contributed by atoms with E-state index in [4.69, 9.17) is 0 Å².